The number of halogens is 2. The number of hydrogen-bond donors (Lipinski definition) is 1. The summed E-state index contributed by atoms with van der Waals surface area (Å²) in [6, 6.07) is 22.3. The number of aryl methyl sites for hydroxylation is 1. The number of aromatic nitrogens is 4. The van der Waals surface area contributed by atoms with E-state index in [1.165, 1.54) is 12.1 Å². The van der Waals surface area contributed by atoms with E-state index in [1.54, 1.807) is 16.8 Å². The highest BCUT2D eigenvalue weighted by atomic mass is 35.5. The molecule has 3 aromatic carbocycles. The molecule has 6 rings (SSSR count). The van der Waals surface area contributed by atoms with Crippen molar-refractivity contribution in [3.63, 3.8) is 0 Å². The molecule has 1 atom stereocenters. The zero-order valence-electron chi connectivity index (χ0n) is 16.6. The number of rotatable bonds is 2. The molecule has 0 amide bonds. The Morgan fingerprint density at radius 3 is 2.55 bits per heavy atom. The Balaban J connectivity index is 1.59. The maximum atomic E-state index is 13.4. The molecule has 0 saturated carbocycles. The first kappa shape index (κ1) is 18.2. The Morgan fingerprint density at radius 1 is 0.968 bits per heavy atom. The molecule has 0 aliphatic carbocycles. The van der Waals surface area contributed by atoms with E-state index in [4.69, 9.17) is 16.6 Å². The van der Waals surface area contributed by atoms with Gasteiger partial charge in [0.05, 0.1) is 28.0 Å². The van der Waals surface area contributed by atoms with Gasteiger partial charge in [-0.2, -0.15) is 5.10 Å². The molecule has 0 radical (unpaired) electrons. The molecule has 152 valence electrons. The van der Waals surface area contributed by atoms with Crippen molar-refractivity contribution in [2.24, 2.45) is 0 Å². The predicted molar refractivity (Wildman–Crippen MR) is 120 cm³/mol. The van der Waals surface area contributed by atoms with Crippen LogP contribution in [0.4, 0.5) is 10.1 Å². The predicted octanol–water partition coefficient (Wildman–Crippen LogP) is 5.96. The molecule has 2 aromatic heterocycles. The second kappa shape index (κ2) is 6.68. The first-order valence-electron chi connectivity index (χ1n) is 9.95. The summed E-state index contributed by atoms with van der Waals surface area (Å²) < 4.78 is 17.2. The van der Waals surface area contributed by atoms with Gasteiger partial charge in [-0.25, -0.2) is 14.1 Å². The highest BCUT2D eigenvalue weighted by molar-refractivity contribution is 6.30. The van der Waals surface area contributed by atoms with Crippen LogP contribution in [-0.4, -0.2) is 19.3 Å². The topological polar surface area (TPSA) is 47.7 Å². The minimum absolute atomic E-state index is 0.293. The van der Waals surface area contributed by atoms with Gasteiger partial charge in [0.1, 0.15) is 23.0 Å². The lowest BCUT2D eigenvalue weighted by Gasteiger charge is -2.30. The van der Waals surface area contributed by atoms with E-state index in [2.05, 4.69) is 27.1 Å². The van der Waals surface area contributed by atoms with Gasteiger partial charge in [-0.3, -0.25) is 4.57 Å². The maximum absolute atomic E-state index is 13.4. The molecule has 1 N–H and O–H groups in total. The number of imidazole rings is 1. The lowest BCUT2D eigenvalue weighted by Crippen LogP contribution is -2.25. The minimum Gasteiger partial charge on any atom is -0.360 e. The molecule has 0 saturated heterocycles. The molecule has 7 heteroatoms. The molecule has 0 spiro atoms. The van der Waals surface area contributed by atoms with Gasteiger partial charge in [-0.05, 0) is 55.5 Å². The van der Waals surface area contributed by atoms with Crippen LogP contribution in [-0.2, 0) is 0 Å². The largest absolute Gasteiger partial charge is 0.360 e. The summed E-state index contributed by atoms with van der Waals surface area (Å²) >= 11 is 6.88. The Kier molecular flexibility index (Phi) is 3.91. The Morgan fingerprint density at radius 2 is 1.71 bits per heavy atom. The number of nitrogens with zero attached hydrogens (tertiary/aromatic N) is 4. The number of para-hydroxylation sites is 3. The van der Waals surface area contributed by atoms with Crippen molar-refractivity contribution in [2.45, 2.75) is 13.1 Å². The van der Waals surface area contributed by atoms with Gasteiger partial charge in [0.15, 0.2) is 0 Å². The van der Waals surface area contributed by atoms with Gasteiger partial charge in [-0.1, -0.05) is 35.9 Å². The summed E-state index contributed by atoms with van der Waals surface area (Å²) in [6.45, 7) is 1.93. The maximum Gasteiger partial charge on any atom is 0.145 e. The minimum atomic E-state index is -0.302. The summed E-state index contributed by atoms with van der Waals surface area (Å²) in [6.07, 6.45) is -0.293. The molecular formula is C24H17ClFN5. The van der Waals surface area contributed by atoms with E-state index < -0.39 is 0 Å². The molecular weight excluding hydrogens is 413 g/mol. The zero-order chi connectivity index (χ0) is 21.1. The van der Waals surface area contributed by atoms with Gasteiger partial charge in [0, 0.05) is 11.3 Å². The van der Waals surface area contributed by atoms with Crippen molar-refractivity contribution in [1.29, 1.82) is 0 Å². The molecule has 5 nitrogen and oxygen atoms in total. The van der Waals surface area contributed by atoms with Gasteiger partial charge in [0.2, 0.25) is 0 Å². The van der Waals surface area contributed by atoms with Crippen LogP contribution in [0, 0.1) is 12.7 Å². The van der Waals surface area contributed by atoms with Crippen molar-refractivity contribution in [3.05, 3.63) is 95.0 Å². The smallest absolute Gasteiger partial charge is 0.145 e. The fourth-order valence-electron chi connectivity index (χ4n) is 4.29. The lowest BCUT2D eigenvalue weighted by atomic mass is 10.1. The van der Waals surface area contributed by atoms with E-state index in [9.17, 15) is 4.39 Å². The average molecular weight is 430 g/mol. The Hall–Kier alpha value is -3.64. The third-order valence-electron chi connectivity index (χ3n) is 5.71. The van der Waals surface area contributed by atoms with Crippen LogP contribution >= 0.6 is 11.6 Å². The molecule has 3 heterocycles. The van der Waals surface area contributed by atoms with Crippen molar-refractivity contribution in [1.82, 2.24) is 19.3 Å². The Bertz CT molecular complexity index is 1450. The molecule has 1 unspecified atom stereocenters. The number of anilines is 1. The van der Waals surface area contributed by atoms with Crippen molar-refractivity contribution < 1.29 is 4.39 Å². The first-order chi connectivity index (χ1) is 15.1. The van der Waals surface area contributed by atoms with Crippen LogP contribution in [0.5, 0.6) is 0 Å². The van der Waals surface area contributed by atoms with Gasteiger partial charge in [-0.15, -0.1) is 0 Å². The second-order valence-corrected chi connectivity index (χ2v) is 7.92. The molecule has 5 aromatic rings. The standard InChI is InChI=1S/C24H17ClFN5/c1-14-21(22(25)31(29-14)16-12-10-15(26)11-13-16)24-27-18-7-3-2-6-17(18)23-28-19-8-4-5-9-20(19)30(23)24/h2-13,24,27H,1H3. The van der Waals surface area contributed by atoms with Gasteiger partial charge < -0.3 is 5.32 Å². The van der Waals surface area contributed by atoms with E-state index in [0.29, 0.717) is 10.8 Å². The lowest BCUT2D eigenvalue weighted by molar-refractivity contribution is 0.627. The van der Waals surface area contributed by atoms with Crippen molar-refractivity contribution in [2.75, 3.05) is 5.32 Å². The summed E-state index contributed by atoms with van der Waals surface area (Å²) in [7, 11) is 0. The summed E-state index contributed by atoms with van der Waals surface area (Å²) in [4.78, 5) is 4.92. The van der Waals surface area contributed by atoms with E-state index in [0.717, 1.165) is 39.4 Å². The molecule has 0 fully saturated rings. The summed E-state index contributed by atoms with van der Waals surface area (Å²) in [5.41, 5.74) is 6.29. The number of hydrogen-bond acceptors (Lipinski definition) is 3. The summed E-state index contributed by atoms with van der Waals surface area (Å²) in [5, 5.41) is 8.77. The van der Waals surface area contributed by atoms with Crippen LogP contribution < -0.4 is 5.32 Å². The first-order valence-corrected chi connectivity index (χ1v) is 10.3. The van der Waals surface area contributed by atoms with Gasteiger partial charge >= 0.3 is 0 Å². The van der Waals surface area contributed by atoms with E-state index >= 15 is 0 Å². The fraction of sp³-hybridized carbons (Fsp3) is 0.0833. The quantitative estimate of drug-likeness (QED) is 0.376. The monoisotopic (exact) mass is 429 g/mol. The highest BCUT2D eigenvalue weighted by Gasteiger charge is 2.32. The molecule has 1 aliphatic rings. The van der Waals surface area contributed by atoms with Gasteiger partial charge in [0.25, 0.3) is 0 Å². The number of fused-ring (bicyclic) bond motifs is 5. The Labute approximate surface area is 182 Å². The number of nitrogens with one attached hydrogen (secondary N) is 1. The molecule has 31 heavy (non-hydrogen) atoms. The zero-order valence-corrected chi connectivity index (χ0v) is 17.3. The van der Waals surface area contributed by atoms with Crippen LogP contribution in [0.25, 0.3) is 28.1 Å². The average Bonchev–Trinajstić information content (AvgIpc) is 3.31. The van der Waals surface area contributed by atoms with E-state index in [-0.39, 0.29) is 12.0 Å². The third kappa shape index (κ3) is 2.68. The highest BCUT2D eigenvalue weighted by Crippen LogP contribution is 2.43. The number of benzene rings is 3. The molecule has 0 bridgehead atoms. The van der Waals surface area contributed by atoms with Crippen LogP contribution in [0.3, 0.4) is 0 Å². The third-order valence-corrected chi connectivity index (χ3v) is 6.07. The van der Waals surface area contributed by atoms with Crippen LogP contribution in [0.1, 0.15) is 17.4 Å². The van der Waals surface area contributed by atoms with Crippen LogP contribution in [0.15, 0.2) is 72.8 Å². The van der Waals surface area contributed by atoms with Crippen molar-refractivity contribution >= 4 is 28.3 Å². The van der Waals surface area contributed by atoms with Crippen LogP contribution in [0.2, 0.25) is 5.15 Å². The fourth-order valence-corrected chi connectivity index (χ4v) is 4.66. The van der Waals surface area contributed by atoms with E-state index in [1.807, 2.05) is 43.3 Å². The molecule has 1 aliphatic heterocycles. The SMILES string of the molecule is Cc1nn(-c2ccc(F)cc2)c(Cl)c1C1Nc2ccccc2-c2nc3ccccc3n21. The second-order valence-electron chi connectivity index (χ2n) is 7.56. The summed E-state index contributed by atoms with van der Waals surface area (Å²) in [5.74, 6) is 0.578. The normalized spacial score (nSPS) is 14.9. The van der Waals surface area contributed by atoms with Crippen molar-refractivity contribution in [3.8, 4) is 17.1 Å².